The molecule has 6 heteroatoms. The van der Waals surface area contributed by atoms with Crippen LogP contribution < -0.4 is 0 Å². The second-order valence-electron chi connectivity index (χ2n) is 3.85. The molecule has 88 valence electrons. The smallest absolute Gasteiger partial charge is 0.264 e. The van der Waals surface area contributed by atoms with Gasteiger partial charge in [0.15, 0.2) is 0 Å². The van der Waals surface area contributed by atoms with Crippen molar-refractivity contribution in [2.45, 2.75) is 13.0 Å². The van der Waals surface area contributed by atoms with Crippen molar-refractivity contribution in [3.8, 4) is 0 Å². The average Bonchev–Trinajstić information content (AvgIpc) is 2.95. The van der Waals surface area contributed by atoms with E-state index in [-0.39, 0.29) is 5.91 Å². The van der Waals surface area contributed by atoms with Crippen molar-refractivity contribution in [2.75, 3.05) is 6.54 Å². The highest BCUT2D eigenvalue weighted by atomic mass is 35.5. The van der Waals surface area contributed by atoms with Gasteiger partial charge in [-0.25, -0.2) is 0 Å². The number of thiophene rings is 1. The number of amides is 1. The van der Waals surface area contributed by atoms with Crippen LogP contribution in [0.5, 0.6) is 0 Å². The first-order valence-electron chi connectivity index (χ1n) is 5.21. The third kappa shape index (κ3) is 1.96. The van der Waals surface area contributed by atoms with E-state index < -0.39 is 0 Å². The van der Waals surface area contributed by atoms with Crippen molar-refractivity contribution in [3.63, 3.8) is 0 Å². The third-order valence-electron chi connectivity index (χ3n) is 2.77. The highest BCUT2D eigenvalue weighted by Gasteiger charge is 2.25. The zero-order valence-corrected chi connectivity index (χ0v) is 10.4. The van der Waals surface area contributed by atoms with Crippen LogP contribution in [0.2, 0.25) is 4.34 Å². The minimum Gasteiger partial charge on any atom is -0.361 e. The van der Waals surface area contributed by atoms with Gasteiger partial charge in [-0.15, -0.1) is 11.3 Å². The van der Waals surface area contributed by atoms with Crippen molar-refractivity contribution < 1.29 is 9.32 Å². The molecule has 0 saturated heterocycles. The molecule has 2 aromatic heterocycles. The summed E-state index contributed by atoms with van der Waals surface area (Å²) in [6.07, 6.45) is 2.40. The molecule has 0 aliphatic carbocycles. The van der Waals surface area contributed by atoms with Gasteiger partial charge in [-0.1, -0.05) is 16.8 Å². The van der Waals surface area contributed by atoms with Crippen LogP contribution in [-0.4, -0.2) is 22.5 Å². The number of hydrogen-bond acceptors (Lipinski definition) is 4. The normalized spacial score (nSPS) is 14.8. The zero-order chi connectivity index (χ0) is 11.8. The van der Waals surface area contributed by atoms with Gasteiger partial charge in [0.25, 0.3) is 5.91 Å². The van der Waals surface area contributed by atoms with Crippen molar-refractivity contribution in [2.24, 2.45) is 0 Å². The van der Waals surface area contributed by atoms with Gasteiger partial charge in [0.05, 0.1) is 22.0 Å². The van der Waals surface area contributed by atoms with Crippen LogP contribution in [0.1, 0.15) is 21.0 Å². The Morgan fingerprint density at radius 3 is 3.18 bits per heavy atom. The zero-order valence-electron chi connectivity index (χ0n) is 8.85. The molecular weight excluding hydrogens is 260 g/mol. The van der Waals surface area contributed by atoms with Gasteiger partial charge < -0.3 is 9.42 Å². The fraction of sp³-hybridized carbons (Fsp3) is 0.273. The van der Waals surface area contributed by atoms with Crippen LogP contribution in [0, 0.1) is 0 Å². The van der Waals surface area contributed by atoms with Crippen LogP contribution in [-0.2, 0) is 13.0 Å². The molecule has 0 atom stereocenters. The lowest BCUT2D eigenvalue weighted by atomic mass is 10.1. The van der Waals surface area contributed by atoms with E-state index in [1.165, 1.54) is 11.3 Å². The Bertz CT molecular complexity index is 563. The van der Waals surface area contributed by atoms with Crippen LogP contribution in [0.25, 0.3) is 0 Å². The van der Waals surface area contributed by atoms with Crippen molar-refractivity contribution in [1.82, 2.24) is 10.1 Å². The summed E-state index contributed by atoms with van der Waals surface area (Å²) in [6.45, 7) is 1.23. The molecule has 3 rings (SSSR count). The molecule has 0 unspecified atom stereocenters. The summed E-state index contributed by atoms with van der Waals surface area (Å²) in [5, 5.41) is 3.74. The van der Waals surface area contributed by atoms with Gasteiger partial charge in [0, 0.05) is 18.5 Å². The van der Waals surface area contributed by atoms with E-state index in [1.807, 2.05) is 0 Å². The Hall–Kier alpha value is -1.33. The van der Waals surface area contributed by atoms with Crippen LogP contribution >= 0.6 is 22.9 Å². The first kappa shape index (κ1) is 10.8. The monoisotopic (exact) mass is 268 g/mol. The quantitative estimate of drug-likeness (QED) is 0.799. The molecule has 17 heavy (non-hydrogen) atoms. The lowest BCUT2D eigenvalue weighted by Crippen LogP contribution is -2.35. The van der Waals surface area contributed by atoms with E-state index in [4.69, 9.17) is 16.1 Å². The van der Waals surface area contributed by atoms with Gasteiger partial charge in [-0.05, 0) is 12.1 Å². The fourth-order valence-electron chi connectivity index (χ4n) is 1.90. The standard InChI is InChI=1S/C11H9ClN2O2S/c12-10-2-1-9(17-10)11(15)14-4-3-8-7(6-14)5-13-16-8/h1-2,5H,3-4,6H2. The Kier molecular flexibility index (Phi) is 2.64. The summed E-state index contributed by atoms with van der Waals surface area (Å²) in [7, 11) is 0. The predicted molar refractivity (Wildman–Crippen MR) is 64.3 cm³/mol. The van der Waals surface area contributed by atoms with E-state index in [2.05, 4.69) is 5.16 Å². The number of halogens is 1. The lowest BCUT2D eigenvalue weighted by Gasteiger charge is -2.25. The number of carbonyl (C=O) groups excluding carboxylic acids is 1. The van der Waals surface area contributed by atoms with Gasteiger partial charge >= 0.3 is 0 Å². The van der Waals surface area contributed by atoms with Crippen molar-refractivity contribution in [1.29, 1.82) is 0 Å². The minimum atomic E-state index is 0.0220. The third-order valence-corrected chi connectivity index (χ3v) is 3.99. The van der Waals surface area contributed by atoms with E-state index >= 15 is 0 Å². The number of fused-ring (bicyclic) bond motifs is 1. The summed E-state index contributed by atoms with van der Waals surface area (Å²) in [5.41, 5.74) is 0.993. The maximum absolute atomic E-state index is 12.2. The number of rotatable bonds is 1. The average molecular weight is 269 g/mol. The number of nitrogens with zero attached hydrogens (tertiary/aromatic N) is 2. The maximum Gasteiger partial charge on any atom is 0.264 e. The topological polar surface area (TPSA) is 46.3 Å². The molecule has 0 spiro atoms. The van der Waals surface area contributed by atoms with Crippen molar-refractivity contribution in [3.05, 3.63) is 38.9 Å². The summed E-state index contributed by atoms with van der Waals surface area (Å²) in [5.74, 6) is 0.909. The molecule has 0 saturated carbocycles. The predicted octanol–water partition coefficient (Wildman–Crippen LogP) is 2.59. The molecule has 3 heterocycles. The highest BCUT2D eigenvalue weighted by molar-refractivity contribution is 7.17. The van der Waals surface area contributed by atoms with Crippen LogP contribution in [0.3, 0.4) is 0 Å². The molecule has 4 nitrogen and oxygen atoms in total. The summed E-state index contributed by atoms with van der Waals surface area (Å²) < 4.78 is 5.72. The number of carbonyl (C=O) groups is 1. The van der Waals surface area contributed by atoms with Gasteiger partial charge in [-0.3, -0.25) is 4.79 Å². The Balaban J connectivity index is 1.81. The number of aromatic nitrogens is 1. The molecule has 0 radical (unpaired) electrons. The van der Waals surface area contributed by atoms with E-state index in [0.29, 0.717) is 22.3 Å². The van der Waals surface area contributed by atoms with Gasteiger partial charge in [0.1, 0.15) is 5.76 Å². The second kappa shape index (κ2) is 4.16. The first-order chi connectivity index (χ1) is 8.24. The molecule has 1 aliphatic heterocycles. The largest absolute Gasteiger partial charge is 0.361 e. The molecule has 1 amide bonds. The molecule has 0 fully saturated rings. The summed E-state index contributed by atoms with van der Waals surface area (Å²) >= 11 is 7.14. The molecular formula is C11H9ClN2O2S. The minimum absolute atomic E-state index is 0.0220. The maximum atomic E-state index is 12.2. The second-order valence-corrected chi connectivity index (χ2v) is 5.57. The van der Waals surface area contributed by atoms with Crippen molar-refractivity contribution >= 4 is 28.8 Å². The first-order valence-corrected chi connectivity index (χ1v) is 6.40. The number of hydrogen-bond donors (Lipinski definition) is 0. The molecule has 0 bridgehead atoms. The lowest BCUT2D eigenvalue weighted by molar-refractivity contribution is 0.0734. The molecule has 1 aliphatic rings. The Morgan fingerprint density at radius 2 is 2.41 bits per heavy atom. The van der Waals surface area contributed by atoms with Crippen LogP contribution in [0.15, 0.2) is 22.9 Å². The van der Waals surface area contributed by atoms with E-state index in [1.54, 1.807) is 23.2 Å². The summed E-state index contributed by atoms with van der Waals surface area (Å²) in [4.78, 5) is 14.6. The summed E-state index contributed by atoms with van der Waals surface area (Å²) in [6, 6.07) is 3.51. The molecule has 2 aromatic rings. The molecule has 0 aromatic carbocycles. The van der Waals surface area contributed by atoms with E-state index in [9.17, 15) is 4.79 Å². The Labute approximate surface area is 107 Å². The van der Waals surface area contributed by atoms with Crippen LogP contribution in [0.4, 0.5) is 0 Å². The van der Waals surface area contributed by atoms with Gasteiger partial charge in [0.2, 0.25) is 0 Å². The van der Waals surface area contributed by atoms with E-state index in [0.717, 1.165) is 17.7 Å². The highest BCUT2D eigenvalue weighted by Crippen LogP contribution is 2.25. The Morgan fingerprint density at radius 1 is 1.53 bits per heavy atom. The fourth-order valence-corrected chi connectivity index (χ4v) is 2.91. The molecule has 0 N–H and O–H groups in total. The van der Waals surface area contributed by atoms with Gasteiger partial charge in [-0.2, -0.15) is 0 Å². The SMILES string of the molecule is O=C(c1ccc(Cl)s1)N1CCc2oncc2C1.